The van der Waals surface area contributed by atoms with E-state index in [9.17, 15) is 9.35 Å². The molecule has 2 rings (SSSR count). The third-order valence-electron chi connectivity index (χ3n) is 3.01. The topological polar surface area (TPSA) is 52.6 Å². The molecule has 0 aliphatic carbocycles. The van der Waals surface area contributed by atoms with Crippen LogP contribution in [0.4, 0.5) is 5.69 Å². The molecule has 2 aromatic rings. The molecule has 1 unspecified atom stereocenters. The first-order chi connectivity index (χ1) is 10.2. The highest BCUT2D eigenvalue weighted by molar-refractivity contribution is 7.93. The van der Waals surface area contributed by atoms with Crippen LogP contribution in [0.2, 0.25) is 0 Å². The van der Waals surface area contributed by atoms with Gasteiger partial charge in [0.25, 0.3) is 0 Å². The molecule has 0 aliphatic heterocycles. The smallest absolute Gasteiger partial charge is 0.343 e. The van der Waals surface area contributed by atoms with Crippen molar-refractivity contribution in [2.24, 2.45) is 0 Å². The van der Waals surface area contributed by atoms with Gasteiger partial charge in [-0.15, -0.1) is 0 Å². The van der Waals surface area contributed by atoms with Crippen LogP contribution < -0.4 is 4.31 Å². The molecule has 0 saturated heterocycles. The summed E-state index contributed by atoms with van der Waals surface area (Å²) in [4.78, 5) is 12.3. The number of rotatable bonds is 5. The van der Waals surface area contributed by atoms with E-state index in [0.29, 0.717) is 17.0 Å². The van der Waals surface area contributed by atoms with Crippen LogP contribution in [0.1, 0.15) is 17.3 Å². The molecule has 1 atom stereocenters. The van der Waals surface area contributed by atoms with Crippen LogP contribution in [0, 0.1) is 0 Å². The first kappa shape index (κ1) is 15.4. The van der Waals surface area contributed by atoms with Gasteiger partial charge in [-0.3, -0.25) is 0 Å². The summed E-state index contributed by atoms with van der Waals surface area (Å²) in [5, 5.41) is 0. The fourth-order valence-corrected chi connectivity index (χ4v) is 3.33. The average Bonchev–Trinajstić information content (AvgIpc) is 2.55. The van der Waals surface area contributed by atoms with E-state index in [0.717, 1.165) is 5.69 Å². The highest BCUT2D eigenvalue weighted by Crippen LogP contribution is 2.25. The van der Waals surface area contributed by atoms with E-state index < -0.39 is 17.3 Å². The minimum Gasteiger partial charge on any atom is -0.588 e. The van der Waals surface area contributed by atoms with Crippen LogP contribution in [0.5, 0.6) is 0 Å². The van der Waals surface area contributed by atoms with E-state index in [-0.39, 0.29) is 0 Å². The minimum atomic E-state index is -1.47. The SMILES string of the molecule is CCN(c1ccccc1)[S+]([O-])c1ccccc1C(=O)OC. The van der Waals surface area contributed by atoms with E-state index in [1.165, 1.54) is 7.11 Å². The number of methoxy groups -OCH3 is 1. The zero-order valence-electron chi connectivity index (χ0n) is 12.0. The molecule has 0 N–H and O–H groups in total. The highest BCUT2D eigenvalue weighted by atomic mass is 32.2. The van der Waals surface area contributed by atoms with Crippen molar-refractivity contribution in [2.45, 2.75) is 11.8 Å². The predicted molar refractivity (Wildman–Crippen MR) is 83.7 cm³/mol. The zero-order valence-corrected chi connectivity index (χ0v) is 12.8. The third-order valence-corrected chi connectivity index (χ3v) is 4.61. The molecule has 110 valence electrons. The summed E-state index contributed by atoms with van der Waals surface area (Å²) >= 11 is -1.47. The first-order valence-corrected chi connectivity index (χ1v) is 7.71. The molecule has 0 saturated carbocycles. The largest absolute Gasteiger partial charge is 0.588 e. The molecule has 2 aromatic carbocycles. The summed E-state index contributed by atoms with van der Waals surface area (Å²) in [7, 11) is 1.32. The second-order valence-electron chi connectivity index (χ2n) is 4.27. The van der Waals surface area contributed by atoms with Gasteiger partial charge in [-0.1, -0.05) is 30.3 Å². The number of carbonyl (C=O) groups excluding carboxylic acids is 1. The molecule has 21 heavy (non-hydrogen) atoms. The maximum Gasteiger partial charge on any atom is 0.343 e. The lowest BCUT2D eigenvalue weighted by atomic mass is 10.2. The number of anilines is 1. The summed E-state index contributed by atoms with van der Waals surface area (Å²) < 4.78 is 19.3. The minimum absolute atomic E-state index is 0.327. The number of esters is 1. The van der Waals surface area contributed by atoms with Gasteiger partial charge in [-0.2, -0.15) is 4.31 Å². The van der Waals surface area contributed by atoms with Crippen LogP contribution in [0.3, 0.4) is 0 Å². The van der Waals surface area contributed by atoms with Gasteiger partial charge in [-0.05, 0) is 31.2 Å². The zero-order chi connectivity index (χ0) is 15.2. The van der Waals surface area contributed by atoms with Crippen molar-refractivity contribution in [3.63, 3.8) is 0 Å². The molecule has 0 spiro atoms. The lowest BCUT2D eigenvalue weighted by molar-refractivity contribution is 0.0596. The average molecular weight is 303 g/mol. The summed E-state index contributed by atoms with van der Waals surface area (Å²) in [6.45, 7) is 2.48. The Morgan fingerprint density at radius 2 is 1.76 bits per heavy atom. The number of nitrogens with zero attached hydrogens (tertiary/aromatic N) is 1. The molecular weight excluding hydrogens is 286 g/mol. The predicted octanol–water partition coefficient (Wildman–Crippen LogP) is 3.02. The molecule has 5 heteroatoms. The number of hydrogen-bond acceptors (Lipinski definition) is 4. The summed E-state index contributed by atoms with van der Waals surface area (Å²) in [5.74, 6) is -0.483. The Hall–Kier alpha value is -1.98. The molecule has 0 aliphatic rings. The van der Waals surface area contributed by atoms with Gasteiger partial charge in [0.05, 0.1) is 19.3 Å². The Bertz CT molecular complexity index is 603. The Kier molecular flexibility index (Phi) is 5.25. The number of para-hydroxylation sites is 1. The molecule has 0 bridgehead atoms. The monoisotopic (exact) mass is 303 g/mol. The Morgan fingerprint density at radius 3 is 2.38 bits per heavy atom. The van der Waals surface area contributed by atoms with Gasteiger partial charge < -0.3 is 9.29 Å². The fourth-order valence-electron chi connectivity index (χ4n) is 2.01. The third kappa shape index (κ3) is 3.37. The van der Waals surface area contributed by atoms with Crippen LogP contribution in [0.15, 0.2) is 59.5 Å². The Labute approximate surface area is 127 Å². The van der Waals surface area contributed by atoms with Crippen LogP contribution in [-0.4, -0.2) is 24.2 Å². The van der Waals surface area contributed by atoms with Gasteiger partial charge in [0.15, 0.2) is 4.90 Å². The Morgan fingerprint density at radius 1 is 1.14 bits per heavy atom. The molecule has 0 heterocycles. The van der Waals surface area contributed by atoms with Crippen LogP contribution >= 0.6 is 0 Å². The number of hydrogen-bond donors (Lipinski definition) is 0. The van der Waals surface area contributed by atoms with Crippen molar-refractivity contribution in [3.05, 3.63) is 60.2 Å². The van der Waals surface area contributed by atoms with Gasteiger partial charge in [0, 0.05) is 0 Å². The van der Waals surface area contributed by atoms with Crippen LogP contribution in [-0.2, 0) is 16.1 Å². The first-order valence-electron chi connectivity index (χ1n) is 6.60. The highest BCUT2D eigenvalue weighted by Gasteiger charge is 2.27. The number of carbonyl (C=O) groups is 1. The molecule has 0 radical (unpaired) electrons. The van der Waals surface area contributed by atoms with E-state index in [1.54, 1.807) is 28.6 Å². The Balaban J connectivity index is 2.39. The standard InChI is InChI=1S/C16H17NO3S/c1-3-17(13-9-5-4-6-10-13)21(19)15-12-8-7-11-14(15)16(18)20-2/h4-12H,3H2,1-2H3. The quantitative estimate of drug-likeness (QED) is 0.629. The van der Waals surface area contributed by atoms with E-state index in [4.69, 9.17) is 4.74 Å². The second kappa shape index (κ2) is 7.15. The summed E-state index contributed by atoms with van der Waals surface area (Å²) in [6.07, 6.45) is 0. The van der Waals surface area contributed by atoms with E-state index in [2.05, 4.69) is 0 Å². The molecular formula is C16H17NO3S. The lowest BCUT2D eigenvalue weighted by Crippen LogP contribution is -2.32. The molecule has 4 nitrogen and oxygen atoms in total. The normalized spacial score (nSPS) is 11.8. The molecule has 0 fully saturated rings. The maximum absolute atomic E-state index is 12.8. The molecule has 0 amide bonds. The van der Waals surface area contributed by atoms with Crippen molar-refractivity contribution in [1.82, 2.24) is 0 Å². The lowest BCUT2D eigenvalue weighted by Gasteiger charge is -2.25. The van der Waals surface area contributed by atoms with Crippen molar-refractivity contribution in [2.75, 3.05) is 18.0 Å². The number of ether oxygens (including phenoxy) is 1. The maximum atomic E-state index is 12.8. The molecule has 0 aromatic heterocycles. The van der Waals surface area contributed by atoms with Crippen molar-refractivity contribution < 1.29 is 14.1 Å². The van der Waals surface area contributed by atoms with E-state index >= 15 is 0 Å². The van der Waals surface area contributed by atoms with Crippen molar-refractivity contribution in [3.8, 4) is 0 Å². The fraction of sp³-hybridized carbons (Fsp3) is 0.188. The van der Waals surface area contributed by atoms with Crippen LogP contribution in [0.25, 0.3) is 0 Å². The number of benzene rings is 2. The van der Waals surface area contributed by atoms with Gasteiger partial charge in [-0.25, -0.2) is 4.79 Å². The van der Waals surface area contributed by atoms with Crippen molar-refractivity contribution in [1.29, 1.82) is 0 Å². The summed E-state index contributed by atoms with van der Waals surface area (Å²) in [5.41, 5.74) is 1.17. The van der Waals surface area contributed by atoms with Gasteiger partial charge >= 0.3 is 5.97 Å². The summed E-state index contributed by atoms with van der Waals surface area (Å²) in [6, 6.07) is 16.3. The van der Waals surface area contributed by atoms with Gasteiger partial charge in [0.2, 0.25) is 0 Å². The second-order valence-corrected chi connectivity index (χ2v) is 5.65. The van der Waals surface area contributed by atoms with E-state index in [1.807, 2.05) is 37.3 Å². The van der Waals surface area contributed by atoms with Crippen molar-refractivity contribution >= 4 is 23.0 Å². The van der Waals surface area contributed by atoms with Gasteiger partial charge in [0.1, 0.15) is 16.9 Å².